The monoisotopic (exact) mass is 1380 g/mol. The van der Waals surface area contributed by atoms with E-state index in [4.69, 9.17) is 37.0 Å². The Labute approximate surface area is 573 Å². The molecule has 0 aromatic carbocycles. The first kappa shape index (κ1) is 91.5. The van der Waals surface area contributed by atoms with E-state index in [1.807, 2.05) is 0 Å². The number of unbranched alkanes of at least 4 members (excludes halogenated alkanes) is 42. The van der Waals surface area contributed by atoms with Gasteiger partial charge in [-0.2, -0.15) is 0 Å². The lowest BCUT2D eigenvalue weighted by molar-refractivity contribution is -0.161. The van der Waals surface area contributed by atoms with E-state index >= 15 is 0 Å². The molecule has 0 aliphatic carbocycles. The van der Waals surface area contributed by atoms with E-state index in [0.29, 0.717) is 25.7 Å². The van der Waals surface area contributed by atoms with Crippen molar-refractivity contribution in [1.29, 1.82) is 0 Å². The van der Waals surface area contributed by atoms with Gasteiger partial charge in [-0.25, -0.2) is 9.13 Å². The van der Waals surface area contributed by atoms with Crippen LogP contribution in [0, 0.1) is 5.92 Å². The largest absolute Gasteiger partial charge is 0.472 e. The van der Waals surface area contributed by atoms with Crippen molar-refractivity contribution < 1.29 is 80.2 Å². The molecule has 2 unspecified atom stereocenters. The van der Waals surface area contributed by atoms with Crippen LogP contribution in [0.4, 0.5) is 0 Å². The average Bonchev–Trinajstić information content (AvgIpc) is 1.54. The minimum Gasteiger partial charge on any atom is -0.462 e. The fourth-order valence-corrected chi connectivity index (χ4v) is 12.6. The Morgan fingerprint density at radius 3 is 0.872 bits per heavy atom. The quantitative estimate of drug-likeness (QED) is 0.0169. The number of carbonyl (C=O) groups is 4. The van der Waals surface area contributed by atoms with Gasteiger partial charge in [-0.3, -0.25) is 37.3 Å². The molecule has 19 heteroatoms. The van der Waals surface area contributed by atoms with Crippen molar-refractivity contribution in [2.45, 2.75) is 387 Å². The Morgan fingerprint density at radius 2 is 0.574 bits per heavy atom. The van der Waals surface area contributed by atoms with Crippen molar-refractivity contribution >= 4 is 39.5 Å². The van der Waals surface area contributed by atoms with Gasteiger partial charge in [0.05, 0.1) is 26.4 Å². The van der Waals surface area contributed by atoms with Crippen molar-refractivity contribution in [3.8, 4) is 0 Å². The van der Waals surface area contributed by atoms with Crippen molar-refractivity contribution in [2.24, 2.45) is 5.92 Å². The lowest BCUT2D eigenvalue weighted by atomic mass is 10.0. The van der Waals surface area contributed by atoms with Crippen molar-refractivity contribution in [3.63, 3.8) is 0 Å². The zero-order valence-corrected chi connectivity index (χ0v) is 62.4. The number of esters is 4. The summed E-state index contributed by atoms with van der Waals surface area (Å²) in [7, 11) is -9.92. The van der Waals surface area contributed by atoms with Gasteiger partial charge in [0.15, 0.2) is 12.2 Å². The van der Waals surface area contributed by atoms with Crippen LogP contribution in [-0.2, 0) is 65.4 Å². The van der Waals surface area contributed by atoms with Crippen LogP contribution in [0.2, 0.25) is 0 Å². The summed E-state index contributed by atoms with van der Waals surface area (Å²) in [6.45, 7) is 7.23. The zero-order chi connectivity index (χ0) is 69.1. The Morgan fingerprint density at radius 1 is 0.330 bits per heavy atom. The molecule has 0 aliphatic heterocycles. The Bertz CT molecular complexity index is 1900. The highest BCUT2D eigenvalue weighted by atomic mass is 31.2. The summed E-state index contributed by atoms with van der Waals surface area (Å²) in [6.07, 6.45) is 58.9. The van der Waals surface area contributed by atoms with Crippen LogP contribution in [-0.4, -0.2) is 96.7 Å². The van der Waals surface area contributed by atoms with E-state index in [1.165, 1.54) is 173 Å². The fraction of sp³-hybridized carbons (Fsp3) is 0.893. The minimum atomic E-state index is -4.96. The number of aliphatic hydroxyl groups is 1. The number of aliphatic hydroxyl groups excluding tert-OH is 1. The first-order chi connectivity index (χ1) is 45.5. The number of allylic oxidation sites excluding steroid dienone is 4. The maximum atomic E-state index is 13.1. The summed E-state index contributed by atoms with van der Waals surface area (Å²) in [5.41, 5.74) is 0. The van der Waals surface area contributed by atoms with E-state index in [2.05, 4.69) is 58.9 Å². The van der Waals surface area contributed by atoms with Gasteiger partial charge in [0.2, 0.25) is 0 Å². The molecule has 0 saturated carbocycles. The number of phosphoric acid groups is 2. The normalized spacial score (nSPS) is 14.1. The molecular formula is C75H142O17P2. The molecule has 0 rings (SSSR count). The van der Waals surface area contributed by atoms with Gasteiger partial charge in [0.1, 0.15) is 19.3 Å². The van der Waals surface area contributed by atoms with Crippen LogP contribution in [0.25, 0.3) is 0 Å². The first-order valence-corrected chi connectivity index (χ1v) is 41.4. The summed E-state index contributed by atoms with van der Waals surface area (Å²) >= 11 is 0. The third kappa shape index (κ3) is 68.1. The minimum absolute atomic E-state index is 0.101. The number of ether oxygens (including phenoxy) is 4. The van der Waals surface area contributed by atoms with Crippen LogP contribution in [0.3, 0.4) is 0 Å². The molecular weight excluding hydrogens is 1230 g/mol. The highest BCUT2D eigenvalue weighted by Gasteiger charge is 2.30. The van der Waals surface area contributed by atoms with Gasteiger partial charge in [-0.1, -0.05) is 316 Å². The fourth-order valence-electron chi connectivity index (χ4n) is 11.0. The van der Waals surface area contributed by atoms with E-state index in [1.54, 1.807) is 0 Å². The first-order valence-electron chi connectivity index (χ1n) is 38.5. The second kappa shape index (κ2) is 67.7. The van der Waals surface area contributed by atoms with Crippen LogP contribution in [0.1, 0.15) is 369 Å². The second-order valence-electron chi connectivity index (χ2n) is 26.8. The number of hydrogen-bond acceptors (Lipinski definition) is 15. The van der Waals surface area contributed by atoms with Gasteiger partial charge in [-0.05, 0) is 57.3 Å². The SMILES string of the molecule is CCCCCC/C=C\C=C/CCCCCCCC(=O)OC[C@H](COP(=O)(O)OC[C@@H](O)COP(=O)(O)OC[C@@H](COC(=O)CCCCCCCCCCCC)OC(=O)CCCCCCCCCCCCCCC)OC(=O)CCCCCCCCCCCCCCCC(C)C. The lowest BCUT2D eigenvalue weighted by Crippen LogP contribution is -2.30. The third-order valence-corrected chi connectivity index (χ3v) is 18.8. The molecule has 0 aliphatic rings. The molecule has 0 saturated heterocycles. The standard InChI is InChI=1S/C75H142O17P2/c1-6-9-12-15-18-21-24-26-27-31-34-39-44-49-54-59-73(78)86-65-71(92-75(80)61-56-51-46-41-36-32-28-30-33-37-42-47-52-57-68(4)5)67-90-94(83,84)88-63-69(76)62-87-93(81,82)89-66-70(64-85-72(77)58-53-48-43-38-23-20-17-14-11-8-3)91-74(79)60-55-50-45-40-35-29-25-22-19-16-13-10-7-2/h21,24,26-27,68-71,76H,6-20,22-23,25,28-67H2,1-5H3,(H,81,82)(H,83,84)/b24-21-,27-26-/t69-,70+,71+/m0/s1. The van der Waals surface area contributed by atoms with E-state index in [0.717, 1.165) is 115 Å². The Balaban J connectivity index is 5.28. The molecule has 0 spiro atoms. The topological polar surface area (TPSA) is 237 Å². The molecule has 0 aromatic heterocycles. The zero-order valence-electron chi connectivity index (χ0n) is 60.6. The average molecular weight is 1380 g/mol. The molecule has 0 amide bonds. The molecule has 17 nitrogen and oxygen atoms in total. The predicted octanol–water partition coefficient (Wildman–Crippen LogP) is 21.6. The Kier molecular flexibility index (Phi) is 65.9. The maximum Gasteiger partial charge on any atom is 0.472 e. The smallest absolute Gasteiger partial charge is 0.462 e. The van der Waals surface area contributed by atoms with E-state index in [9.17, 15) is 43.2 Å². The molecule has 0 fully saturated rings. The number of phosphoric ester groups is 2. The van der Waals surface area contributed by atoms with Crippen LogP contribution in [0.5, 0.6) is 0 Å². The van der Waals surface area contributed by atoms with Crippen LogP contribution in [0.15, 0.2) is 24.3 Å². The summed E-state index contributed by atoms with van der Waals surface area (Å²) < 4.78 is 68.4. The Hall–Kier alpha value is -2.46. The van der Waals surface area contributed by atoms with Gasteiger partial charge in [0.25, 0.3) is 0 Å². The van der Waals surface area contributed by atoms with Crippen molar-refractivity contribution in [1.82, 2.24) is 0 Å². The summed E-state index contributed by atoms with van der Waals surface area (Å²) in [5.74, 6) is -1.36. The summed E-state index contributed by atoms with van der Waals surface area (Å²) in [4.78, 5) is 72.7. The summed E-state index contributed by atoms with van der Waals surface area (Å²) in [6, 6.07) is 0. The predicted molar refractivity (Wildman–Crippen MR) is 381 cm³/mol. The summed E-state index contributed by atoms with van der Waals surface area (Å²) in [5, 5.41) is 10.6. The molecule has 94 heavy (non-hydrogen) atoms. The lowest BCUT2D eigenvalue weighted by Gasteiger charge is -2.21. The molecule has 0 radical (unpaired) electrons. The number of hydrogen-bond donors (Lipinski definition) is 3. The van der Waals surface area contributed by atoms with E-state index in [-0.39, 0.29) is 25.7 Å². The number of carbonyl (C=O) groups excluding carboxylic acids is 4. The van der Waals surface area contributed by atoms with Crippen LogP contribution >= 0.6 is 15.6 Å². The molecule has 0 aromatic rings. The molecule has 3 N–H and O–H groups in total. The van der Waals surface area contributed by atoms with Gasteiger partial charge in [-0.15, -0.1) is 0 Å². The van der Waals surface area contributed by atoms with Gasteiger partial charge in [0, 0.05) is 25.7 Å². The van der Waals surface area contributed by atoms with Gasteiger partial charge < -0.3 is 33.8 Å². The van der Waals surface area contributed by atoms with E-state index < -0.39 is 97.5 Å². The molecule has 554 valence electrons. The highest BCUT2D eigenvalue weighted by Crippen LogP contribution is 2.45. The molecule has 5 atom stereocenters. The highest BCUT2D eigenvalue weighted by molar-refractivity contribution is 7.47. The molecule has 0 heterocycles. The molecule has 0 bridgehead atoms. The number of rotatable bonds is 73. The second-order valence-corrected chi connectivity index (χ2v) is 29.7. The third-order valence-electron chi connectivity index (χ3n) is 16.9. The van der Waals surface area contributed by atoms with Gasteiger partial charge >= 0.3 is 39.5 Å². The maximum absolute atomic E-state index is 13.1. The van der Waals surface area contributed by atoms with Crippen molar-refractivity contribution in [3.05, 3.63) is 24.3 Å². The van der Waals surface area contributed by atoms with Crippen molar-refractivity contribution in [2.75, 3.05) is 39.6 Å². The van der Waals surface area contributed by atoms with Crippen LogP contribution < -0.4 is 0 Å².